The fourth-order valence-corrected chi connectivity index (χ4v) is 5.20. The Labute approximate surface area is 191 Å². The highest BCUT2D eigenvalue weighted by Crippen LogP contribution is 2.35. The normalized spacial score (nSPS) is 19.9. The summed E-state index contributed by atoms with van der Waals surface area (Å²) in [4.78, 5) is 32.0. The smallest absolute Gasteiger partial charge is 0.274 e. The molecule has 4 aromatic rings. The van der Waals surface area contributed by atoms with Crippen molar-refractivity contribution in [2.24, 2.45) is 11.8 Å². The summed E-state index contributed by atoms with van der Waals surface area (Å²) < 4.78 is 1.68. The average molecular weight is 440 g/mol. The van der Waals surface area contributed by atoms with Gasteiger partial charge in [-0.2, -0.15) is 5.10 Å². The molecule has 166 valence electrons. The standard InChI is InChI=1S/C25H25N7O/c1-16-11-17(2)28-25(27-16)31-14-19-12-30(13-20(19)15-31)24(33)23-22(18-7-4-3-5-8-18)29-21-9-6-10-26-32(21)23/h3-11,19-20H,12-15H2,1-2H3/t19-,20+. The lowest BCUT2D eigenvalue weighted by atomic mass is 10.0. The fraction of sp³-hybridized carbons (Fsp3) is 0.320. The van der Waals surface area contributed by atoms with Gasteiger partial charge in [-0.15, -0.1) is 0 Å². The summed E-state index contributed by atoms with van der Waals surface area (Å²) in [6.45, 7) is 7.19. The van der Waals surface area contributed by atoms with Gasteiger partial charge in [-0.05, 0) is 32.0 Å². The largest absolute Gasteiger partial charge is 0.340 e. The van der Waals surface area contributed by atoms with Crippen molar-refractivity contribution in [3.8, 4) is 11.3 Å². The molecule has 5 heterocycles. The predicted octanol–water partition coefficient (Wildman–Crippen LogP) is 3.01. The van der Waals surface area contributed by atoms with E-state index in [1.54, 1.807) is 10.7 Å². The Kier molecular flexibility index (Phi) is 4.60. The molecular formula is C25H25N7O. The highest BCUT2D eigenvalue weighted by Gasteiger charge is 2.43. The number of amides is 1. The first-order chi connectivity index (χ1) is 16.1. The van der Waals surface area contributed by atoms with Gasteiger partial charge in [0.15, 0.2) is 11.3 Å². The van der Waals surface area contributed by atoms with E-state index in [1.165, 1.54) is 0 Å². The number of carbonyl (C=O) groups is 1. The zero-order chi connectivity index (χ0) is 22.5. The number of nitrogens with zero attached hydrogens (tertiary/aromatic N) is 7. The second-order valence-electron chi connectivity index (χ2n) is 9.05. The Morgan fingerprint density at radius 1 is 0.879 bits per heavy atom. The Morgan fingerprint density at radius 2 is 1.58 bits per heavy atom. The summed E-state index contributed by atoms with van der Waals surface area (Å²) in [5.74, 6) is 1.61. The van der Waals surface area contributed by atoms with Crippen molar-refractivity contribution < 1.29 is 4.79 Å². The van der Waals surface area contributed by atoms with Crippen LogP contribution in [0.15, 0.2) is 54.7 Å². The zero-order valence-electron chi connectivity index (χ0n) is 18.7. The monoisotopic (exact) mass is 439 g/mol. The number of carbonyl (C=O) groups excluding carboxylic acids is 1. The van der Waals surface area contributed by atoms with E-state index in [0.29, 0.717) is 28.9 Å². The van der Waals surface area contributed by atoms with Crippen molar-refractivity contribution in [1.82, 2.24) is 29.5 Å². The molecule has 0 bridgehead atoms. The lowest BCUT2D eigenvalue weighted by Gasteiger charge is -2.22. The van der Waals surface area contributed by atoms with Gasteiger partial charge < -0.3 is 9.80 Å². The van der Waals surface area contributed by atoms with E-state index in [4.69, 9.17) is 4.98 Å². The molecule has 8 heteroatoms. The summed E-state index contributed by atoms with van der Waals surface area (Å²) in [6, 6.07) is 15.6. The van der Waals surface area contributed by atoms with Crippen molar-refractivity contribution in [3.63, 3.8) is 0 Å². The Balaban J connectivity index is 1.27. The number of hydrogen-bond acceptors (Lipinski definition) is 6. The van der Waals surface area contributed by atoms with Crippen molar-refractivity contribution in [2.45, 2.75) is 13.8 Å². The molecule has 0 radical (unpaired) electrons. The van der Waals surface area contributed by atoms with E-state index in [-0.39, 0.29) is 5.91 Å². The summed E-state index contributed by atoms with van der Waals surface area (Å²) >= 11 is 0. The molecule has 0 aliphatic carbocycles. The highest BCUT2D eigenvalue weighted by atomic mass is 16.2. The van der Waals surface area contributed by atoms with Crippen LogP contribution in [0.5, 0.6) is 0 Å². The van der Waals surface area contributed by atoms with Gasteiger partial charge >= 0.3 is 0 Å². The predicted molar refractivity (Wildman–Crippen MR) is 125 cm³/mol. The van der Waals surface area contributed by atoms with E-state index in [9.17, 15) is 4.79 Å². The van der Waals surface area contributed by atoms with Crippen LogP contribution in [0.1, 0.15) is 21.9 Å². The van der Waals surface area contributed by atoms with Crippen LogP contribution in [0.2, 0.25) is 0 Å². The Hall–Kier alpha value is -3.81. The van der Waals surface area contributed by atoms with E-state index >= 15 is 0 Å². The first kappa shape index (κ1) is 19.8. The lowest BCUT2D eigenvalue weighted by Crippen LogP contribution is -2.34. The van der Waals surface area contributed by atoms with E-state index in [0.717, 1.165) is 49.1 Å². The number of fused-ring (bicyclic) bond motifs is 2. The minimum atomic E-state index is -0.0105. The molecule has 0 N–H and O–H groups in total. The summed E-state index contributed by atoms with van der Waals surface area (Å²) in [7, 11) is 0. The third-order valence-electron chi connectivity index (χ3n) is 6.67. The maximum atomic E-state index is 13.8. The highest BCUT2D eigenvalue weighted by molar-refractivity contribution is 5.99. The molecular weight excluding hydrogens is 414 g/mol. The van der Waals surface area contributed by atoms with Gasteiger partial charge in [0.2, 0.25) is 5.95 Å². The lowest BCUT2D eigenvalue weighted by molar-refractivity contribution is 0.0775. The molecule has 2 aliphatic heterocycles. The minimum absolute atomic E-state index is 0.0105. The van der Waals surface area contributed by atoms with Crippen LogP contribution >= 0.6 is 0 Å². The summed E-state index contributed by atoms with van der Waals surface area (Å²) in [5.41, 5.74) is 4.79. The second-order valence-corrected chi connectivity index (χ2v) is 9.05. The maximum Gasteiger partial charge on any atom is 0.274 e. The van der Waals surface area contributed by atoms with Crippen molar-refractivity contribution in [1.29, 1.82) is 0 Å². The van der Waals surface area contributed by atoms with Gasteiger partial charge in [-0.1, -0.05) is 30.3 Å². The molecule has 2 fully saturated rings. The molecule has 6 rings (SSSR count). The molecule has 2 saturated heterocycles. The molecule has 8 nitrogen and oxygen atoms in total. The van der Waals surface area contributed by atoms with E-state index in [2.05, 4.69) is 20.0 Å². The molecule has 2 atom stereocenters. The van der Waals surface area contributed by atoms with Crippen LogP contribution in [0.25, 0.3) is 16.9 Å². The number of likely N-dealkylation sites (tertiary alicyclic amines) is 1. The minimum Gasteiger partial charge on any atom is -0.340 e. The summed E-state index contributed by atoms with van der Waals surface area (Å²) in [6.07, 6.45) is 1.70. The van der Waals surface area contributed by atoms with Crippen molar-refractivity contribution >= 4 is 17.5 Å². The number of aryl methyl sites for hydroxylation is 2. The number of hydrogen-bond donors (Lipinski definition) is 0. The van der Waals surface area contributed by atoms with Crippen LogP contribution in [-0.4, -0.2) is 61.6 Å². The van der Waals surface area contributed by atoms with Crippen LogP contribution in [0.4, 0.5) is 5.95 Å². The van der Waals surface area contributed by atoms with Gasteiger partial charge in [0, 0.05) is 61.2 Å². The van der Waals surface area contributed by atoms with Crippen LogP contribution in [0, 0.1) is 25.7 Å². The molecule has 1 amide bonds. The van der Waals surface area contributed by atoms with Crippen molar-refractivity contribution in [2.75, 3.05) is 31.1 Å². The van der Waals surface area contributed by atoms with Crippen LogP contribution in [0.3, 0.4) is 0 Å². The molecule has 33 heavy (non-hydrogen) atoms. The van der Waals surface area contributed by atoms with E-state index < -0.39 is 0 Å². The van der Waals surface area contributed by atoms with Gasteiger partial charge in [-0.25, -0.2) is 19.5 Å². The van der Waals surface area contributed by atoms with Gasteiger partial charge in [0.1, 0.15) is 5.69 Å². The number of rotatable bonds is 3. The Morgan fingerprint density at radius 3 is 2.27 bits per heavy atom. The van der Waals surface area contributed by atoms with Crippen LogP contribution in [-0.2, 0) is 0 Å². The first-order valence-electron chi connectivity index (χ1n) is 11.3. The van der Waals surface area contributed by atoms with Gasteiger partial charge in [0.25, 0.3) is 5.91 Å². The zero-order valence-corrected chi connectivity index (χ0v) is 18.7. The number of aromatic nitrogens is 5. The quantitative estimate of drug-likeness (QED) is 0.488. The second kappa shape index (κ2) is 7.65. The molecule has 0 saturated carbocycles. The third kappa shape index (κ3) is 3.42. The average Bonchev–Trinajstić information content (AvgIpc) is 3.50. The molecule has 2 aliphatic rings. The topological polar surface area (TPSA) is 79.5 Å². The fourth-order valence-electron chi connectivity index (χ4n) is 5.20. The molecule has 3 aromatic heterocycles. The Bertz CT molecular complexity index is 1320. The summed E-state index contributed by atoms with van der Waals surface area (Å²) in [5, 5.41) is 4.44. The van der Waals surface area contributed by atoms with Gasteiger partial charge in [-0.3, -0.25) is 4.79 Å². The first-order valence-corrected chi connectivity index (χ1v) is 11.3. The van der Waals surface area contributed by atoms with Gasteiger partial charge in [0.05, 0.1) is 0 Å². The SMILES string of the molecule is Cc1cc(C)nc(N2C[C@H]3CN(C(=O)c4c(-c5ccccc5)nc5cccnn45)C[C@H]3C2)n1. The maximum absolute atomic E-state index is 13.8. The van der Waals surface area contributed by atoms with Crippen molar-refractivity contribution in [3.05, 3.63) is 71.8 Å². The van der Waals surface area contributed by atoms with Crippen LogP contribution < -0.4 is 4.90 Å². The van der Waals surface area contributed by atoms with E-state index in [1.807, 2.05) is 67.3 Å². The number of imidazole rings is 1. The molecule has 1 aromatic carbocycles. The third-order valence-corrected chi connectivity index (χ3v) is 6.67. The molecule has 0 spiro atoms. The molecule has 0 unspecified atom stereocenters. The number of benzene rings is 1. The number of anilines is 1.